The summed E-state index contributed by atoms with van der Waals surface area (Å²) in [6.45, 7) is 0. The predicted molar refractivity (Wildman–Crippen MR) is 57.2 cm³/mol. The molecule has 0 amide bonds. The number of aromatic nitrogens is 3. The second-order valence-electron chi connectivity index (χ2n) is 2.95. The Morgan fingerprint density at radius 1 is 1.38 bits per heavy atom. The molecule has 1 N–H and O–H groups in total. The standard InChI is InChI=1S/C10H6ClN3O2/c11-10-13-5-7(9(15)16)8(14-10)6-2-1-3-12-4-6/h1-5H,(H,15,16). The van der Waals surface area contributed by atoms with Crippen molar-refractivity contribution in [1.29, 1.82) is 0 Å². The Kier molecular flexibility index (Phi) is 2.78. The molecule has 2 aromatic rings. The average molecular weight is 236 g/mol. The van der Waals surface area contributed by atoms with Crippen LogP contribution < -0.4 is 0 Å². The number of pyridine rings is 1. The predicted octanol–water partition coefficient (Wildman–Crippen LogP) is 1.89. The van der Waals surface area contributed by atoms with Crippen molar-refractivity contribution in [2.24, 2.45) is 0 Å². The van der Waals surface area contributed by atoms with Gasteiger partial charge in [0.05, 0.1) is 5.69 Å². The van der Waals surface area contributed by atoms with Gasteiger partial charge in [-0.05, 0) is 23.7 Å². The molecule has 0 bridgehead atoms. The highest BCUT2D eigenvalue weighted by Gasteiger charge is 2.14. The summed E-state index contributed by atoms with van der Waals surface area (Å²) in [5, 5.41) is 8.98. The molecule has 2 rings (SSSR count). The van der Waals surface area contributed by atoms with Crippen molar-refractivity contribution in [3.05, 3.63) is 41.6 Å². The smallest absolute Gasteiger partial charge is 0.339 e. The molecule has 0 fully saturated rings. The van der Waals surface area contributed by atoms with Crippen molar-refractivity contribution in [1.82, 2.24) is 15.0 Å². The number of carboxylic acids is 1. The highest BCUT2D eigenvalue weighted by atomic mass is 35.5. The molecule has 16 heavy (non-hydrogen) atoms. The molecule has 0 aliphatic carbocycles. The highest BCUT2D eigenvalue weighted by Crippen LogP contribution is 2.21. The molecule has 0 atom stereocenters. The fourth-order valence-corrected chi connectivity index (χ4v) is 1.37. The second-order valence-corrected chi connectivity index (χ2v) is 3.29. The molecular weight excluding hydrogens is 230 g/mol. The van der Waals surface area contributed by atoms with E-state index in [0.29, 0.717) is 5.56 Å². The maximum atomic E-state index is 11.0. The average Bonchev–Trinajstić information content (AvgIpc) is 2.29. The van der Waals surface area contributed by atoms with E-state index in [1.54, 1.807) is 18.3 Å². The molecule has 0 aromatic carbocycles. The van der Waals surface area contributed by atoms with Crippen LogP contribution in [-0.4, -0.2) is 26.0 Å². The SMILES string of the molecule is O=C(O)c1cnc(Cl)nc1-c1cccnc1. The molecule has 0 aliphatic rings. The molecule has 0 spiro atoms. The third-order valence-electron chi connectivity index (χ3n) is 1.92. The maximum Gasteiger partial charge on any atom is 0.339 e. The van der Waals surface area contributed by atoms with Gasteiger partial charge in [0, 0.05) is 24.2 Å². The van der Waals surface area contributed by atoms with Crippen molar-refractivity contribution in [2.75, 3.05) is 0 Å². The summed E-state index contributed by atoms with van der Waals surface area (Å²) in [6, 6.07) is 3.40. The fourth-order valence-electron chi connectivity index (χ4n) is 1.24. The normalized spacial score (nSPS) is 10.1. The number of halogens is 1. The van der Waals surface area contributed by atoms with Crippen LogP contribution in [0.1, 0.15) is 10.4 Å². The van der Waals surface area contributed by atoms with Crippen LogP contribution >= 0.6 is 11.6 Å². The molecular formula is C10H6ClN3O2. The number of hydrogen-bond donors (Lipinski definition) is 1. The molecule has 0 aliphatic heterocycles. The number of carbonyl (C=O) groups is 1. The summed E-state index contributed by atoms with van der Waals surface area (Å²) in [4.78, 5) is 22.4. The molecule has 6 heteroatoms. The summed E-state index contributed by atoms with van der Waals surface area (Å²) >= 11 is 5.64. The number of carboxylic acid groups (broad SMARTS) is 1. The fraction of sp³-hybridized carbons (Fsp3) is 0. The molecule has 0 saturated carbocycles. The molecule has 0 unspecified atom stereocenters. The van der Waals surface area contributed by atoms with Crippen LogP contribution in [0.5, 0.6) is 0 Å². The third-order valence-corrected chi connectivity index (χ3v) is 2.11. The zero-order valence-corrected chi connectivity index (χ0v) is 8.72. The first kappa shape index (κ1) is 10.5. The van der Waals surface area contributed by atoms with Crippen LogP contribution in [0.15, 0.2) is 30.7 Å². The Balaban J connectivity index is 2.63. The van der Waals surface area contributed by atoms with Gasteiger partial charge in [-0.25, -0.2) is 14.8 Å². The van der Waals surface area contributed by atoms with Crippen LogP contribution in [0, 0.1) is 0 Å². The van der Waals surface area contributed by atoms with Gasteiger partial charge in [-0.2, -0.15) is 0 Å². The molecule has 0 saturated heterocycles. The zero-order chi connectivity index (χ0) is 11.5. The van der Waals surface area contributed by atoms with Gasteiger partial charge in [-0.15, -0.1) is 0 Å². The second kappa shape index (κ2) is 4.24. The summed E-state index contributed by atoms with van der Waals surface area (Å²) in [5.74, 6) is -1.10. The zero-order valence-electron chi connectivity index (χ0n) is 7.96. The molecule has 2 aromatic heterocycles. The first-order valence-corrected chi connectivity index (χ1v) is 4.72. The Labute approximate surface area is 95.8 Å². The van der Waals surface area contributed by atoms with Gasteiger partial charge in [0.2, 0.25) is 5.28 Å². The molecule has 0 radical (unpaired) electrons. The Hall–Kier alpha value is -2.01. The topological polar surface area (TPSA) is 76.0 Å². The summed E-state index contributed by atoms with van der Waals surface area (Å²) in [7, 11) is 0. The number of aromatic carboxylic acids is 1. The van der Waals surface area contributed by atoms with Crippen molar-refractivity contribution >= 4 is 17.6 Å². The van der Waals surface area contributed by atoms with Crippen molar-refractivity contribution in [2.45, 2.75) is 0 Å². The first-order valence-electron chi connectivity index (χ1n) is 4.34. The van der Waals surface area contributed by atoms with E-state index in [2.05, 4.69) is 15.0 Å². The Bertz CT molecular complexity index is 531. The minimum atomic E-state index is -1.10. The Morgan fingerprint density at radius 3 is 2.81 bits per heavy atom. The van der Waals surface area contributed by atoms with E-state index in [1.165, 1.54) is 12.4 Å². The van der Waals surface area contributed by atoms with Crippen LogP contribution in [0.2, 0.25) is 5.28 Å². The minimum absolute atomic E-state index is 0.00241. The molecule has 5 nitrogen and oxygen atoms in total. The van der Waals surface area contributed by atoms with E-state index in [0.717, 1.165) is 0 Å². The highest BCUT2D eigenvalue weighted by molar-refractivity contribution is 6.28. The van der Waals surface area contributed by atoms with E-state index in [1.807, 2.05) is 0 Å². The summed E-state index contributed by atoms with van der Waals surface area (Å²) in [5.41, 5.74) is 0.849. The minimum Gasteiger partial charge on any atom is -0.478 e. The lowest BCUT2D eigenvalue weighted by Gasteiger charge is -2.04. The monoisotopic (exact) mass is 235 g/mol. The third kappa shape index (κ3) is 1.99. The van der Waals surface area contributed by atoms with Gasteiger partial charge in [-0.3, -0.25) is 4.98 Å². The summed E-state index contributed by atoms with van der Waals surface area (Å²) < 4.78 is 0. The van der Waals surface area contributed by atoms with Gasteiger partial charge in [-0.1, -0.05) is 0 Å². The van der Waals surface area contributed by atoms with Crippen LogP contribution in [0.3, 0.4) is 0 Å². The first-order chi connectivity index (χ1) is 7.68. The van der Waals surface area contributed by atoms with Gasteiger partial charge in [0.15, 0.2) is 0 Å². The van der Waals surface area contributed by atoms with E-state index in [-0.39, 0.29) is 16.5 Å². The van der Waals surface area contributed by atoms with E-state index < -0.39 is 5.97 Å². The van der Waals surface area contributed by atoms with Crippen molar-refractivity contribution < 1.29 is 9.90 Å². The quantitative estimate of drug-likeness (QED) is 0.805. The summed E-state index contributed by atoms with van der Waals surface area (Å²) in [6.07, 6.45) is 4.29. The number of hydrogen-bond acceptors (Lipinski definition) is 4. The maximum absolute atomic E-state index is 11.0. The van der Waals surface area contributed by atoms with E-state index in [4.69, 9.17) is 16.7 Å². The molecule has 2 heterocycles. The van der Waals surface area contributed by atoms with Crippen LogP contribution in [-0.2, 0) is 0 Å². The number of rotatable bonds is 2. The Morgan fingerprint density at radius 2 is 2.19 bits per heavy atom. The van der Waals surface area contributed by atoms with Crippen molar-refractivity contribution in [3.8, 4) is 11.3 Å². The van der Waals surface area contributed by atoms with Crippen LogP contribution in [0.4, 0.5) is 0 Å². The van der Waals surface area contributed by atoms with Gasteiger partial charge < -0.3 is 5.11 Å². The van der Waals surface area contributed by atoms with Crippen molar-refractivity contribution in [3.63, 3.8) is 0 Å². The largest absolute Gasteiger partial charge is 0.478 e. The molecule has 80 valence electrons. The lowest BCUT2D eigenvalue weighted by Crippen LogP contribution is -2.03. The number of nitrogens with zero attached hydrogens (tertiary/aromatic N) is 3. The van der Waals surface area contributed by atoms with Crippen LogP contribution in [0.25, 0.3) is 11.3 Å². The van der Waals surface area contributed by atoms with E-state index in [9.17, 15) is 4.79 Å². The van der Waals surface area contributed by atoms with Gasteiger partial charge >= 0.3 is 5.97 Å². The van der Waals surface area contributed by atoms with Gasteiger partial charge in [0.1, 0.15) is 5.56 Å². The lowest BCUT2D eigenvalue weighted by atomic mass is 10.1. The van der Waals surface area contributed by atoms with Gasteiger partial charge in [0.25, 0.3) is 0 Å². The lowest BCUT2D eigenvalue weighted by molar-refractivity contribution is 0.0697. The van der Waals surface area contributed by atoms with E-state index >= 15 is 0 Å².